The predicted molar refractivity (Wildman–Crippen MR) is 90.6 cm³/mol. The van der Waals surface area contributed by atoms with Gasteiger partial charge in [0.1, 0.15) is 6.04 Å². The molecule has 5 heterocycles. The zero-order valence-corrected chi connectivity index (χ0v) is 14.6. The number of fused-ring (bicyclic) bond motifs is 3. The molecule has 146 valence electrons. The first-order valence-electron chi connectivity index (χ1n) is 9.09. The van der Waals surface area contributed by atoms with E-state index in [4.69, 9.17) is 0 Å². The number of carbonyl (C=O) groups excluding carboxylic acids is 4. The number of rotatable bonds is 2. The molecule has 0 aliphatic carbocycles. The first-order valence-corrected chi connectivity index (χ1v) is 9.09. The quantitative estimate of drug-likeness (QED) is 0.686. The summed E-state index contributed by atoms with van der Waals surface area (Å²) < 4.78 is 28.8. The highest BCUT2D eigenvalue weighted by Gasteiger charge is 2.49. The van der Waals surface area contributed by atoms with Crippen LogP contribution in [-0.2, 0) is 9.59 Å². The Morgan fingerprint density at radius 3 is 2.29 bits per heavy atom. The molecule has 4 fully saturated rings. The molecule has 6 rings (SSSR count). The highest BCUT2D eigenvalue weighted by molar-refractivity contribution is 6.25. The molecule has 4 amide bonds. The Hall–Kier alpha value is -2.88. The van der Waals surface area contributed by atoms with Gasteiger partial charge in [0.15, 0.2) is 11.6 Å². The van der Waals surface area contributed by atoms with E-state index in [1.807, 2.05) is 0 Å². The second-order valence-corrected chi connectivity index (χ2v) is 7.59. The summed E-state index contributed by atoms with van der Waals surface area (Å²) in [7, 11) is 0. The Morgan fingerprint density at radius 2 is 1.64 bits per heavy atom. The zero-order chi connectivity index (χ0) is 19.7. The first kappa shape index (κ1) is 17.2. The Labute approximate surface area is 157 Å². The topological polar surface area (TPSA) is 98.8 Å². The fourth-order valence-electron chi connectivity index (χ4n) is 4.53. The molecule has 28 heavy (non-hydrogen) atoms. The Bertz CT molecular complexity index is 949. The molecule has 10 heteroatoms. The van der Waals surface area contributed by atoms with Crippen LogP contribution in [0.5, 0.6) is 0 Å². The van der Waals surface area contributed by atoms with Gasteiger partial charge in [-0.3, -0.25) is 29.4 Å². The van der Waals surface area contributed by atoms with Gasteiger partial charge in [0.05, 0.1) is 16.8 Å². The second kappa shape index (κ2) is 5.81. The summed E-state index contributed by atoms with van der Waals surface area (Å²) in [4.78, 5) is 51.8. The molecule has 8 nitrogen and oxygen atoms in total. The number of carbonyl (C=O) groups is 4. The Morgan fingerprint density at radius 1 is 1.00 bits per heavy atom. The lowest BCUT2D eigenvalue weighted by molar-refractivity contribution is -0.136. The van der Waals surface area contributed by atoms with Gasteiger partial charge in [0.2, 0.25) is 11.8 Å². The van der Waals surface area contributed by atoms with Crippen LogP contribution in [0.15, 0.2) is 6.07 Å². The van der Waals surface area contributed by atoms with E-state index in [1.54, 1.807) is 4.90 Å². The van der Waals surface area contributed by atoms with Crippen LogP contribution < -0.4 is 15.5 Å². The van der Waals surface area contributed by atoms with Crippen molar-refractivity contribution in [2.45, 2.75) is 37.4 Å². The van der Waals surface area contributed by atoms with E-state index < -0.39 is 46.9 Å². The van der Waals surface area contributed by atoms with Gasteiger partial charge in [0, 0.05) is 37.7 Å². The highest BCUT2D eigenvalue weighted by Crippen LogP contribution is 2.38. The van der Waals surface area contributed by atoms with Crippen LogP contribution in [0.2, 0.25) is 0 Å². The number of imide groups is 2. The highest BCUT2D eigenvalue weighted by atomic mass is 19.2. The lowest BCUT2D eigenvalue weighted by atomic mass is 9.90. The second-order valence-electron chi connectivity index (χ2n) is 7.59. The summed E-state index contributed by atoms with van der Waals surface area (Å²) in [5, 5.41) is 5.39. The van der Waals surface area contributed by atoms with Crippen molar-refractivity contribution in [2.24, 2.45) is 0 Å². The summed E-state index contributed by atoms with van der Waals surface area (Å²) in [6, 6.07) is 0.108. The molecule has 5 aliphatic heterocycles. The van der Waals surface area contributed by atoms with E-state index >= 15 is 0 Å². The Kier molecular flexibility index (Phi) is 3.57. The number of hydrogen-bond acceptors (Lipinski definition) is 6. The number of hydrogen-bond donors (Lipinski definition) is 2. The van der Waals surface area contributed by atoms with Gasteiger partial charge in [-0.2, -0.15) is 0 Å². The molecule has 0 spiro atoms. The van der Waals surface area contributed by atoms with Gasteiger partial charge in [0.25, 0.3) is 11.8 Å². The number of halogens is 2. The standard InChI is InChI=1S/C18H16F2N4O4/c19-9-4-11(23-5-7-3-8(6-23)21-7)13-14(15(9)20)18(28)24(17(13)27)10-1-2-12(25)22-16(10)26/h4,7-8,10,21H,1-3,5-6H2,(H,22,25,26). The molecule has 0 aromatic heterocycles. The fraction of sp³-hybridized carbons (Fsp3) is 0.444. The average molecular weight is 390 g/mol. The number of nitrogens with zero attached hydrogens (tertiary/aromatic N) is 2. The van der Waals surface area contributed by atoms with E-state index in [-0.39, 0.29) is 36.2 Å². The monoisotopic (exact) mass is 390 g/mol. The van der Waals surface area contributed by atoms with Crippen molar-refractivity contribution >= 4 is 29.3 Å². The Balaban J connectivity index is 1.57. The molecule has 2 bridgehead atoms. The van der Waals surface area contributed by atoms with E-state index in [0.717, 1.165) is 12.5 Å². The van der Waals surface area contributed by atoms with Crippen molar-refractivity contribution in [3.63, 3.8) is 0 Å². The molecule has 0 saturated carbocycles. The van der Waals surface area contributed by atoms with Crippen molar-refractivity contribution in [1.29, 1.82) is 0 Å². The van der Waals surface area contributed by atoms with Crippen molar-refractivity contribution < 1.29 is 28.0 Å². The van der Waals surface area contributed by atoms with E-state index in [2.05, 4.69) is 10.6 Å². The molecule has 0 radical (unpaired) electrons. The van der Waals surface area contributed by atoms with Crippen molar-refractivity contribution in [2.75, 3.05) is 18.0 Å². The molecule has 3 atom stereocenters. The van der Waals surface area contributed by atoms with Crippen molar-refractivity contribution in [3.05, 3.63) is 28.8 Å². The van der Waals surface area contributed by atoms with Crippen LogP contribution in [0.4, 0.5) is 14.5 Å². The number of piperidine rings is 2. The summed E-state index contributed by atoms with van der Waals surface area (Å²) in [6.45, 7) is 1.02. The third kappa shape index (κ3) is 2.30. The van der Waals surface area contributed by atoms with Crippen LogP contribution >= 0.6 is 0 Å². The number of anilines is 1. The largest absolute Gasteiger partial charge is 0.368 e. The number of nitrogens with one attached hydrogen (secondary N) is 2. The minimum Gasteiger partial charge on any atom is -0.368 e. The lowest BCUT2D eigenvalue weighted by Crippen LogP contribution is -2.67. The molecule has 4 saturated heterocycles. The SMILES string of the molecule is O=C1CCC(N2C(=O)c3c(N4CC5CC(C4)N5)cc(F)c(F)c3C2=O)C(=O)N1. The maximum Gasteiger partial charge on any atom is 0.265 e. The normalized spacial score (nSPS) is 29.0. The maximum absolute atomic E-state index is 14.5. The number of benzene rings is 1. The summed E-state index contributed by atoms with van der Waals surface area (Å²) in [6.07, 6.45) is 0.875. The smallest absolute Gasteiger partial charge is 0.265 e. The molecule has 5 aliphatic rings. The molecular weight excluding hydrogens is 374 g/mol. The number of piperazine rings is 1. The van der Waals surface area contributed by atoms with Gasteiger partial charge in [-0.05, 0) is 12.8 Å². The maximum atomic E-state index is 14.5. The molecule has 2 N–H and O–H groups in total. The van der Waals surface area contributed by atoms with Crippen LogP contribution in [-0.4, -0.2) is 59.7 Å². The van der Waals surface area contributed by atoms with Gasteiger partial charge in [-0.25, -0.2) is 8.78 Å². The van der Waals surface area contributed by atoms with E-state index in [0.29, 0.717) is 18.0 Å². The average Bonchev–Trinajstić information content (AvgIpc) is 2.89. The van der Waals surface area contributed by atoms with Crippen molar-refractivity contribution in [3.8, 4) is 0 Å². The number of amides is 4. The predicted octanol–water partition coefficient (Wildman–Crippen LogP) is -0.0835. The van der Waals surface area contributed by atoms with Crippen LogP contribution in [0, 0.1) is 11.6 Å². The first-order chi connectivity index (χ1) is 13.3. The van der Waals surface area contributed by atoms with Crippen molar-refractivity contribution in [1.82, 2.24) is 15.5 Å². The van der Waals surface area contributed by atoms with Crippen LogP contribution in [0.1, 0.15) is 40.0 Å². The third-order valence-electron chi connectivity index (χ3n) is 5.85. The summed E-state index contributed by atoms with van der Waals surface area (Å²) >= 11 is 0. The van der Waals surface area contributed by atoms with Crippen LogP contribution in [0.25, 0.3) is 0 Å². The minimum absolute atomic E-state index is 0.0470. The van der Waals surface area contributed by atoms with Gasteiger partial charge in [-0.1, -0.05) is 0 Å². The van der Waals surface area contributed by atoms with Crippen LogP contribution in [0.3, 0.4) is 0 Å². The van der Waals surface area contributed by atoms with E-state index in [1.165, 1.54) is 0 Å². The molecule has 3 unspecified atom stereocenters. The van der Waals surface area contributed by atoms with Gasteiger partial charge < -0.3 is 10.2 Å². The van der Waals surface area contributed by atoms with Gasteiger partial charge >= 0.3 is 0 Å². The third-order valence-corrected chi connectivity index (χ3v) is 5.85. The molecule has 1 aromatic carbocycles. The minimum atomic E-state index is -1.40. The lowest BCUT2D eigenvalue weighted by Gasteiger charge is -2.49. The van der Waals surface area contributed by atoms with Gasteiger partial charge in [-0.15, -0.1) is 0 Å². The zero-order valence-electron chi connectivity index (χ0n) is 14.6. The molecular formula is C18H16F2N4O4. The molecule has 1 aromatic rings. The summed E-state index contributed by atoms with van der Waals surface area (Å²) in [5.74, 6) is -5.80. The summed E-state index contributed by atoms with van der Waals surface area (Å²) in [5.41, 5.74) is -0.690. The fourth-order valence-corrected chi connectivity index (χ4v) is 4.53. The van der Waals surface area contributed by atoms with E-state index in [9.17, 15) is 28.0 Å².